The smallest absolute Gasteiger partial charge is 0.324 e. The van der Waals surface area contributed by atoms with Gasteiger partial charge in [0.05, 0.1) is 0 Å². The van der Waals surface area contributed by atoms with E-state index in [9.17, 15) is 4.57 Å². The summed E-state index contributed by atoms with van der Waals surface area (Å²) in [4.78, 5) is 17.7. The molecule has 0 radical (unpaired) electrons. The van der Waals surface area contributed by atoms with Crippen LogP contribution in [0.3, 0.4) is 0 Å². The lowest BCUT2D eigenvalue weighted by Crippen LogP contribution is -1.88. The van der Waals surface area contributed by atoms with Crippen molar-refractivity contribution < 1.29 is 14.4 Å². The number of hydrogen-bond donors (Lipinski definition) is 3. The molecule has 0 atom stereocenters. The number of thiocarbonyl (C=S) groups is 1. The Hall–Kier alpha value is 0.590. The largest absolute Gasteiger partial charge is 0.325 e. The Morgan fingerprint density at radius 3 is 0.714 bits per heavy atom. The molecule has 2 N–H and O–H groups in total. The highest BCUT2D eigenvalue weighted by Crippen LogP contribution is 2.35. The first kappa shape index (κ1) is 42.6. The van der Waals surface area contributed by atoms with Crippen molar-refractivity contribution in [2.45, 2.75) is 218 Å². The van der Waals surface area contributed by atoms with Gasteiger partial charge in [0.1, 0.15) is 0 Å². The Bertz CT molecular complexity index is 596. The molecule has 0 bridgehead atoms. The molecule has 0 fully saturated rings. The maximum atomic E-state index is 10.8. The number of unbranched alkanes of at least 4 members (excludes halogenated alkanes) is 32. The molecule has 0 aliphatic carbocycles. The van der Waals surface area contributed by atoms with Gasteiger partial charge in [0.2, 0.25) is 0 Å². The van der Waals surface area contributed by atoms with E-state index in [1.165, 1.54) is 193 Å². The van der Waals surface area contributed by atoms with Crippen molar-refractivity contribution in [3.63, 3.8) is 0 Å². The van der Waals surface area contributed by atoms with Gasteiger partial charge in [-0.3, -0.25) is 4.57 Å². The molecule has 252 valence electrons. The van der Waals surface area contributed by atoms with Crippen molar-refractivity contribution in [2.75, 3.05) is 6.16 Å². The van der Waals surface area contributed by atoms with Gasteiger partial charge in [0.25, 0.3) is 0 Å². The van der Waals surface area contributed by atoms with Crippen LogP contribution in [-0.2, 0) is 4.57 Å². The Morgan fingerprint density at radius 2 is 0.548 bits per heavy atom. The zero-order valence-corrected chi connectivity index (χ0v) is 30.5. The van der Waals surface area contributed by atoms with Gasteiger partial charge in [-0.05, 0) is 19.3 Å². The molecular formula is C36H73O3PS2. The van der Waals surface area contributed by atoms with E-state index in [-0.39, 0.29) is 6.16 Å². The summed E-state index contributed by atoms with van der Waals surface area (Å²) >= 11 is 9.20. The molecule has 6 heteroatoms. The molecule has 3 nitrogen and oxygen atoms in total. The van der Waals surface area contributed by atoms with E-state index >= 15 is 0 Å². The fourth-order valence-corrected chi connectivity index (χ4v) is 7.01. The van der Waals surface area contributed by atoms with Gasteiger partial charge in [-0.1, -0.05) is 211 Å². The predicted octanol–water partition coefficient (Wildman–Crippen LogP) is 13.7. The first-order valence-electron chi connectivity index (χ1n) is 18.7. The third-order valence-electron chi connectivity index (χ3n) is 8.84. The summed E-state index contributed by atoms with van der Waals surface area (Å²) < 4.78 is 11.7. The lowest BCUT2D eigenvalue weighted by Gasteiger charge is -2.05. The fraction of sp³-hybridized carbons (Fsp3) is 0.972. The van der Waals surface area contributed by atoms with E-state index in [1.807, 2.05) is 0 Å². The van der Waals surface area contributed by atoms with Gasteiger partial charge < -0.3 is 9.79 Å². The molecule has 42 heavy (non-hydrogen) atoms. The highest BCUT2D eigenvalue weighted by molar-refractivity contribution is 8.11. The second-order valence-corrected chi connectivity index (χ2v) is 16.3. The van der Waals surface area contributed by atoms with Crippen molar-refractivity contribution in [1.29, 1.82) is 0 Å². The standard InChI is InChI=1S/C36H73O3PS2/c37-40(38,39)35-33-31-29-27-25-23-21-19-17-15-13-11-9-7-5-3-1-2-4-6-8-10-12-14-16-18-20-22-24-26-28-30-32-34-36(41)42/h1-35H2,(H,41,42)(H2,37,38,39). The highest BCUT2D eigenvalue weighted by atomic mass is 32.1. The van der Waals surface area contributed by atoms with Crippen LogP contribution < -0.4 is 0 Å². The summed E-state index contributed by atoms with van der Waals surface area (Å²) in [6.07, 6.45) is 46.1. The molecule has 0 heterocycles. The van der Waals surface area contributed by atoms with Gasteiger partial charge in [-0.2, -0.15) is 0 Å². The third-order valence-corrected chi connectivity index (χ3v) is 10.2. The second-order valence-electron chi connectivity index (χ2n) is 13.2. The second kappa shape index (κ2) is 34.5. The average Bonchev–Trinajstić information content (AvgIpc) is 2.94. The minimum Gasteiger partial charge on any atom is -0.324 e. The summed E-state index contributed by atoms with van der Waals surface area (Å²) in [5.41, 5.74) is 0. The number of thiol groups is 1. The van der Waals surface area contributed by atoms with Gasteiger partial charge in [0, 0.05) is 10.4 Å². The molecule has 0 aromatic carbocycles. The van der Waals surface area contributed by atoms with Crippen LogP contribution in [-0.4, -0.2) is 20.1 Å². The topological polar surface area (TPSA) is 57.5 Å². The summed E-state index contributed by atoms with van der Waals surface area (Å²) in [5.74, 6) is 0. The third kappa shape index (κ3) is 40.6. The Balaban J connectivity index is 3.06. The van der Waals surface area contributed by atoms with E-state index in [0.29, 0.717) is 6.42 Å². The maximum absolute atomic E-state index is 10.8. The summed E-state index contributed by atoms with van der Waals surface area (Å²) in [5, 5.41) is 0. The first-order chi connectivity index (χ1) is 20.4. The lowest BCUT2D eigenvalue weighted by atomic mass is 10.0. The summed E-state index contributed by atoms with van der Waals surface area (Å²) in [6.45, 7) is 0. The van der Waals surface area contributed by atoms with Crippen molar-refractivity contribution >= 4 is 36.6 Å². The van der Waals surface area contributed by atoms with E-state index in [4.69, 9.17) is 22.0 Å². The summed E-state index contributed by atoms with van der Waals surface area (Å²) in [7, 11) is -3.77. The molecule has 0 aromatic heterocycles. The van der Waals surface area contributed by atoms with Gasteiger partial charge >= 0.3 is 7.60 Å². The van der Waals surface area contributed by atoms with Crippen molar-refractivity contribution in [3.05, 3.63) is 0 Å². The van der Waals surface area contributed by atoms with Gasteiger partial charge in [-0.25, -0.2) is 0 Å². The van der Waals surface area contributed by atoms with Crippen molar-refractivity contribution in [2.24, 2.45) is 0 Å². The zero-order valence-electron chi connectivity index (χ0n) is 27.9. The summed E-state index contributed by atoms with van der Waals surface area (Å²) in [6, 6.07) is 0. The van der Waals surface area contributed by atoms with Crippen LogP contribution in [0.25, 0.3) is 0 Å². The van der Waals surface area contributed by atoms with Crippen LogP contribution in [0.15, 0.2) is 0 Å². The Labute approximate surface area is 274 Å². The zero-order chi connectivity index (χ0) is 30.8. The van der Waals surface area contributed by atoms with E-state index in [1.54, 1.807) is 0 Å². The quantitative estimate of drug-likeness (QED) is 0.0274. The molecule has 0 saturated heterocycles. The molecule has 0 rings (SSSR count). The Kier molecular flexibility index (Phi) is 34.9. The minimum absolute atomic E-state index is 0.0595. The molecule has 0 spiro atoms. The monoisotopic (exact) mass is 648 g/mol. The number of rotatable bonds is 36. The van der Waals surface area contributed by atoms with E-state index < -0.39 is 7.60 Å². The molecule has 0 amide bonds. The van der Waals surface area contributed by atoms with Crippen LogP contribution in [0.5, 0.6) is 0 Å². The predicted molar refractivity (Wildman–Crippen MR) is 195 cm³/mol. The normalized spacial score (nSPS) is 11.9. The molecular weight excluding hydrogens is 576 g/mol. The highest BCUT2D eigenvalue weighted by Gasteiger charge is 2.10. The van der Waals surface area contributed by atoms with E-state index in [2.05, 4.69) is 12.6 Å². The van der Waals surface area contributed by atoms with Crippen LogP contribution >= 0.6 is 32.4 Å². The lowest BCUT2D eigenvalue weighted by molar-refractivity contribution is 0.370. The first-order valence-corrected chi connectivity index (χ1v) is 21.3. The van der Waals surface area contributed by atoms with E-state index in [0.717, 1.165) is 23.5 Å². The van der Waals surface area contributed by atoms with Crippen molar-refractivity contribution in [3.8, 4) is 0 Å². The van der Waals surface area contributed by atoms with Gasteiger partial charge in [-0.15, -0.1) is 12.6 Å². The minimum atomic E-state index is -3.77. The molecule has 0 aliphatic rings. The maximum Gasteiger partial charge on any atom is 0.325 e. The fourth-order valence-electron chi connectivity index (χ4n) is 6.07. The van der Waals surface area contributed by atoms with Crippen LogP contribution in [0, 0.1) is 0 Å². The van der Waals surface area contributed by atoms with Crippen LogP contribution in [0.4, 0.5) is 0 Å². The number of hydrogen-bond acceptors (Lipinski definition) is 2. The molecule has 0 aromatic rings. The van der Waals surface area contributed by atoms with Crippen LogP contribution in [0.1, 0.15) is 218 Å². The van der Waals surface area contributed by atoms with Crippen molar-refractivity contribution in [1.82, 2.24) is 0 Å². The molecule has 0 aliphatic heterocycles. The SMILES string of the molecule is O=P(O)(O)CCCCCCCCCCCCCCCCCCCCCCCCCCCCCCCCCCCC(=S)S. The molecule has 0 unspecified atom stereocenters. The average molecular weight is 649 g/mol. The Morgan fingerprint density at radius 1 is 0.381 bits per heavy atom. The molecule has 0 saturated carbocycles. The van der Waals surface area contributed by atoms with Gasteiger partial charge in [0.15, 0.2) is 0 Å². The van der Waals surface area contributed by atoms with Crippen LogP contribution in [0.2, 0.25) is 0 Å².